The third-order valence-electron chi connectivity index (χ3n) is 3.72. The first-order chi connectivity index (χ1) is 8.36. The van der Waals surface area contributed by atoms with Gasteiger partial charge in [0.25, 0.3) is 0 Å². The Labute approximate surface area is 122 Å². The average Bonchev–Trinajstić information content (AvgIpc) is 2.24. The summed E-state index contributed by atoms with van der Waals surface area (Å²) in [5.74, 6) is 0.659. The SMILES string of the molecule is CC(C)(C)C1CC(C#N)(Sc2ccccc2Br)C1. The maximum atomic E-state index is 9.49. The number of thioether (sulfide) groups is 1. The number of nitriles is 1. The molecule has 2 rings (SSSR count). The van der Waals surface area contributed by atoms with E-state index in [1.807, 2.05) is 18.2 Å². The number of halogens is 1. The zero-order valence-electron chi connectivity index (χ0n) is 11.0. The van der Waals surface area contributed by atoms with Gasteiger partial charge in [0.15, 0.2) is 0 Å². The van der Waals surface area contributed by atoms with Crippen molar-refractivity contribution in [2.24, 2.45) is 11.3 Å². The van der Waals surface area contributed by atoms with E-state index in [1.54, 1.807) is 11.8 Å². The minimum atomic E-state index is -0.220. The molecule has 1 saturated carbocycles. The second kappa shape index (κ2) is 4.90. The average molecular weight is 324 g/mol. The van der Waals surface area contributed by atoms with Gasteiger partial charge in [0, 0.05) is 9.37 Å². The summed E-state index contributed by atoms with van der Waals surface area (Å²) < 4.78 is 0.866. The van der Waals surface area contributed by atoms with E-state index in [9.17, 15) is 5.26 Å². The van der Waals surface area contributed by atoms with E-state index in [-0.39, 0.29) is 4.75 Å². The number of nitrogens with zero attached hydrogens (tertiary/aromatic N) is 1. The van der Waals surface area contributed by atoms with Crippen LogP contribution in [0, 0.1) is 22.7 Å². The van der Waals surface area contributed by atoms with Gasteiger partial charge in [0.2, 0.25) is 0 Å². The summed E-state index contributed by atoms with van der Waals surface area (Å²) in [5.41, 5.74) is 0.314. The predicted molar refractivity (Wildman–Crippen MR) is 80.5 cm³/mol. The minimum absolute atomic E-state index is 0.220. The van der Waals surface area contributed by atoms with Gasteiger partial charge >= 0.3 is 0 Å². The van der Waals surface area contributed by atoms with Crippen LogP contribution in [0.25, 0.3) is 0 Å². The number of hydrogen-bond donors (Lipinski definition) is 0. The van der Waals surface area contributed by atoms with Crippen molar-refractivity contribution in [3.8, 4) is 6.07 Å². The zero-order valence-corrected chi connectivity index (χ0v) is 13.4. The Kier molecular flexibility index (Phi) is 3.80. The zero-order chi connectivity index (χ0) is 13.4. The van der Waals surface area contributed by atoms with Crippen LogP contribution in [-0.2, 0) is 0 Å². The molecule has 96 valence electrons. The Morgan fingerprint density at radius 3 is 2.44 bits per heavy atom. The Morgan fingerprint density at radius 2 is 1.94 bits per heavy atom. The highest BCUT2D eigenvalue weighted by Crippen LogP contribution is 2.56. The molecule has 0 N–H and O–H groups in total. The normalized spacial score (nSPS) is 27.4. The molecule has 0 aromatic heterocycles. The van der Waals surface area contributed by atoms with Crippen LogP contribution in [0.3, 0.4) is 0 Å². The number of rotatable bonds is 2. The molecule has 0 radical (unpaired) electrons. The summed E-state index contributed by atoms with van der Waals surface area (Å²) in [6.45, 7) is 6.80. The lowest BCUT2D eigenvalue weighted by Gasteiger charge is -2.48. The predicted octanol–water partition coefficient (Wildman–Crippen LogP) is 5.26. The van der Waals surface area contributed by atoms with E-state index >= 15 is 0 Å². The Morgan fingerprint density at radius 1 is 1.33 bits per heavy atom. The number of benzene rings is 1. The van der Waals surface area contributed by atoms with E-state index < -0.39 is 0 Å². The molecule has 0 saturated heterocycles. The standard InChI is InChI=1S/C15H18BrNS/c1-14(2,3)11-8-15(9-11,10-17)18-13-7-5-4-6-12(13)16/h4-7,11H,8-9H2,1-3H3. The molecular weight excluding hydrogens is 306 g/mol. The van der Waals surface area contributed by atoms with Gasteiger partial charge < -0.3 is 0 Å². The van der Waals surface area contributed by atoms with Crippen molar-refractivity contribution in [2.45, 2.75) is 43.3 Å². The van der Waals surface area contributed by atoms with Crippen molar-refractivity contribution < 1.29 is 0 Å². The van der Waals surface area contributed by atoms with Crippen molar-refractivity contribution in [1.29, 1.82) is 5.26 Å². The lowest BCUT2D eigenvalue weighted by Crippen LogP contribution is -2.45. The highest BCUT2D eigenvalue weighted by Gasteiger charge is 2.49. The summed E-state index contributed by atoms with van der Waals surface area (Å²) in [6.07, 6.45) is 2.00. The quantitative estimate of drug-likeness (QED) is 0.741. The molecule has 1 aromatic carbocycles. The Balaban J connectivity index is 2.10. The summed E-state index contributed by atoms with van der Waals surface area (Å²) in [4.78, 5) is 1.17. The van der Waals surface area contributed by atoms with Crippen molar-refractivity contribution in [3.05, 3.63) is 28.7 Å². The maximum absolute atomic E-state index is 9.49. The molecule has 1 fully saturated rings. The van der Waals surface area contributed by atoms with Crippen LogP contribution in [0.15, 0.2) is 33.6 Å². The van der Waals surface area contributed by atoms with E-state index in [2.05, 4.69) is 48.8 Å². The molecule has 1 aliphatic carbocycles. The summed E-state index contributed by atoms with van der Waals surface area (Å²) in [6, 6.07) is 10.7. The van der Waals surface area contributed by atoms with Crippen molar-refractivity contribution in [3.63, 3.8) is 0 Å². The fourth-order valence-corrected chi connectivity index (χ4v) is 4.16. The highest BCUT2D eigenvalue weighted by atomic mass is 79.9. The van der Waals surface area contributed by atoms with Gasteiger partial charge in [-0.2, -0.15) is 5.26 Å². The van der Waals surface area contributed by atoms with Crippen molar-refractivity contribution in [2.75, 3.05) is 0 Å². The molecule has 18 heavy (non-hydrogen) atoms. The van der Waals surface area contributed by atoms with Gasteiger partial charge in [-0.3, -0.25) is 0 Å². The maximum Gasteiger partial charge on any atom is 0.108 e. The molecule has 0 bridgehead atoms. The molecule has 1 aromatic rings. The first-order valence-corrected chi connectivity index (χ1v) is 7.82. The minimum Gasteiger partial charge on any atom is -0.197 e. The first kappa shape index (κ1) is 14.0. The summed E-state index contributed by atoms with van der Waals surface area (Å²) in [7, 11) is 0. The summed E-state index contributed by atoms with van der Waals surface area (Å²) >= 11 is 5.27. The smallest absolute Gasteiger partial charge is 0.108 e. The van der Waals surface area contributed by atoms with Gasteiger partial charge in [0.1, 0.15) is 4.75 Å². The highest BCUT2D eigenvalue weighted by molar-refractivity contribution is 9.10. The monoisotopic (exact) mass is 323 g/mol. The molecule has 1 nitrogen and oxygen atoms in total. The molecule has 0 spiro atoms. The van der Waals surface area contributed by atoms with Gasteiger partial charge in [-0.05, 0) is 52.2 Å². The van der Waals surface area contributed by atoms with Gasteiger partial charge in [-0.15, -0.1) is 11.8 Å². The molecule has 0 atom stereocenters. The molecule has 0 unspecified atom stereocenters. The van der Waals surface area contributed by atoms with Gasteiger partial charge in [0.05, 0.1) is 6.07 Å². The lowest BCUT2D eigenvalue weighted by atomic mass is 9.63. The van der Waals surface area contributed by atoms with Crippen molar-refractivity contribution >= 4 is 27.7 Å². The van der Waals surface area contributed by atoms with E-state index in [1.165, 1.54) is 4.90 Å². The van der Waals surface area contributed by atoms with E-state index in [4.69, 9.17) is 0 Å². The fraction of sp³-hybridized carbons (Fsp3) is 0.533. The second-order valence-corrected chi connectivity index (χ2v) is 8.39. The van der Waals surface area contributed by atoms with E-state index in [0.717, 1.165) is 17.3 Å². The third-order valence-corrected chi connectivity index (χ3v) is 6.07. The molecule has 0 amide bonds. The van der Waals surface area contributed by atoms with Crippen LogP contribution in [0.1, 0.15) is 33.6 Å². The Hall–Kier alpha value is -0.460. The molecule has 0 aliphatic heterocycles. The van der Waals surface area contributed by atoms with Crippen LogP contribution < -0.4 is 0 Å². The van der Waals surface area contributed by atoms with Gasteiger partial charge in [-0.25, -0.2) is 0 Å². The van der Waals surface area contributed by atoms with Crippen LogP contribution in [0.2, 0.25) is 0 Å². The van der Waals surface area contributed by atoms with E-state index in [0.29, 0.717) is 11.3 Å². The molecular formula is C15H18BrNS. The molecule has 3 heteroatoms. The van der Waals surface area contributed by atoms with Crippen LogP contribution >= 0.6 is 27.7 Å². The molecule has 0 heterocycles. The number of hydrogen-bond acceptors (Lipinski definition) is 2. The second-order valence-electron chi connectivity index (χ2n) is 6.11. The van der Waals surface area contributed by atoms with Crippen LogP contribution in [-0.4, -0.2) is 4.75 Å². The van der Waals surface area contributed by atoms with Gasteiger partial charge in [-0.1, -0.05) is 32.9 Å². The summed E-state index contributed by atoms with van der Waals surface area (Å²) in [5, 5.41) is 9.49. The first-order valence-electron chi connectivity index (χ1n) is 6.21. The topological polar surface area (TPSA) is 23.8 Å². The third kappa shape index (κ3) is 2.75. The Bertz CT molecular complexity index is 478. The largest absolute Gasteiger partial charge is 0.197 e. The van der Waals surface area contributed by atoms with Crippen LogP contribution in [0.5, 0.6) is 0 Å². The molecule has 1 aliphatic rings. The lowest BCUT2D eigenvalue weighted by molar-refractivity contribution is 0.122. The van der Waals surface area contributed by atoms with Crippen LogP contribution in [0.4, 0.5) is 0 Å². The fourth-order valence-electron chi connectivity index (χ4n) is 2.28. The van der Waals surface area contributed by atoms with Crippen molar-refractivity contribution in [1.82, 2.24) is 0 Å².